The molecule has 3 rings (SSSR count). The van der Waals surface area contributed by atoms with Crippen LogP contribution in [0.25, 0.3) is 11.0 Å². The van der Waals surface area contributed by atoms with E-state index in [9.17, 15) is 4.39 Å². The van der Waals surface area contributed by atoms with Gasteiger partial charge in [0.25, 0.3) is 0 Å². The number of fused-ring (bicyclic) bond motifs is 1. The number of benzene rings is 1. The molecule has 1 aromatic carbocycles. The molecule has 92 valence electrons. The first kappa shape index (κ1) is 12.3. The van der Waals surface area contributed by atoms with Crippen LogP contribution in [0.2, 0.25) is 0 Å². The Kier molecular flexibility index (Phi) is 3.43. The second kappa shape index (κ2) is 5.01. The van der Waals surface area contributed by atoms with E-state index in [2.05, 4.69) is 15.5 Å². The molecule has 0 unspecified atom stereocenters. The van der Waals surface area contributed by atoms with E-state index in [1.807, 2.05) is 18.2 Å². The maximum atomic E-state index is 13.0. The zero-order valence-electron chi connectivity index (χ0n) is 9.13. The van der Waals surface area contributed by atoms with Gasteiger partial charge in [-0.1, -0.05) is 11.2 Å². The maximum absolute atomic E-state index is 13.0. The summed E-state index contributed by atoms with van der Waals surface area (Å²) in [6.07, 6.45) is 1.67. The summed E-state index contributed by atoms with van der Waals surface area (Å²) in [6.45, 7) is 0. The van der Waals surface area contributed by atoms with Crippen LogP contribution in [0, 0.1) is 5.82 Å². The molecule has 1 N–H and O–H groups in total. The highest BCUT2D eigenvalue weighted by atomic mass is 35.5. The molecule has 4 nitrogen and oxygen atoms in total. The number of nitrogens with one attached hydrogen (secondary N) is 1. The second-order valence-corrected chi connectivity index (χ2v) is 3.51. The zero-order valence-corrected chi connectivity index (χ0v) is 9.95. The average molecular weight is 266 g/mol. The van der Waals surface area contributed by atoms with Crippen molar-refractivity contribution in [1.82, 2.24) is 10.1 Å². The molecule has 3 aromatic rings. The summed E-state index contributed by atoms with van der Waals surface area (Å²) in [5.74, 6) is 0.837. The van der Waals surface area contributed by atoms with E-state index in [1.54, 1.807) is 12.3 Å². The van der Waals surface area contributed by atoms with Gasteiger partial charge in [0, 0.05) is 12.3 Å². The third-order valence-electron chi connectivity index (χ3n) is 2.35. The topological polar surface area (TPSA) is 51.0 Å². The smallest absolute Gasteiger partial charge is 0.182 e. The van der Waals surface area contributed by atoms with Crippen LogP contribution in [0.5, 0.6) is 0 Å². The second-order valence-electron chi connectivity index (χ2n) is 3.51. The SMILES string of the molecule is Cl.Fc1ccc2c(Nc3ccccn3)noc2c1. The zero-order chi connectivity index (χ0) is 11.7. The molecule has 0 aliphatic rings. The van der Waals surface area contributed by atoms with Gasteiger partial charge in [-0.25, -0.2) is 9.37 Å². The van der Waals surface area contributed by atoms with E-state index in [0.717, 1.165) is 5.39 Å². The number of aromatic nitrogens is 2. The fourth-order valence-corrected chi connectivity index (χ4v) is 1.56. The summed E-state index contributed by atoms with van der Waals surface area (Å²) < 4.78 is 18.0. The molecule has 0 radical (unpaired) electrons. The third-order valence-corrected chi connectivity index (χ3v) is 2.35. The van der Waals surface area contributed by atoms with Crippen LogP contribution < -0.4 is 5.32 Å². The number of hydrogen-bond donors (Lipinski definition) is 1. The minimum atomic E-state index is -0.349. The highest BCUT2D eigenvalue weighted by molar-refractivity contribution is 5.89. The predicted octanol–water partition coefficient (Wildman–Crippen LogP) is 3.53. The van der Waals surface area contributed by atoms with Crippen molar-refractivity contribution < 1.29 is 8.91 Å². The van der Waals surface area contributed by atoms with Crippen LogP contribution >= 0.6 is 12.4 Å². The Morgan fingerprint density at radius 1 is 1.17 bits per heavy atom. The third kappa shape index (κ3) is 2.26. The van der Waals surface area contributed by atoms with Crippen LogP contribution in [-0.2, 0) is 0 Å². The summed E-state index contributed by atoms with van der Waals surface area (Å²) in [6, 6.07) is 9.77. The molecule has 0 fully saturated rings. The van der Waals surface area contributed by atoms with Gasteiger partial charge >= 0.3 is 0 Å². The fourth-order valence-electron chi connectivity index (χ4n) is 1.56. The lowest BCUT2D eigenvalue weighted by Gasteiger charge is -2.00. The van der Waals surface area contributed by atoms with E-state index >= 15 is 0 Å². The average Bonchev–Trinajstić information content (AvgIpc) is 2.73. The summed E-state index contributed by atoms with van der Waals surface area (Å²) >= 11 is 0. The number of anilines is 2. The highest BCUT2D eigenvalue weighted by Gasteiger charge is 2.09. The number of halogens is 2. The minimum absolute atomic E-state index is 0. The van der Waals surface area contributed by atoms with Crippen molar-refractivity contribution in [3.8, 4) is 0 Å². The van der Waals surface area contributed by atoms with E-state index in [1.165, 1.54) is 12.1 Å². The molecule has 2 aromatic heterocycles. The Morgan fingerprint density at radius 2 is 2.06 bits per heavy atom. The fraction of sp³-hybridized carbons (Fsp3) is 0. The van der Waals surface area contributed by atoms with Gasteiger partial charge in [0.15, 0.2) is 11.4 Å². The highest BCUT2D eigenvalue weighted by Crippen LogP contribution is 2.25. The van der Waals surface area contributed by atoms with Gasteiger partial charge < -0.3 is 9.84 Å². The molecule has 0 spiro atoms. The molecule has 0 saturated carbocycles. The summed E-state index contributed by atoms with van der Waals surface area (Å²) in [4.78, 5) is 4.11. The van der Waals surface area contributed by atoms with Crippen LogP contribution in [-0.4, -0.2) is 10.1 Å². The van der Waals surface area contributed by atoms with E-state index in [-0.39, 0.29) is 18.2 Å². The van der Waals surface area contributed by atoms with Gasteiger partial charge in [-0.05, 0) is 24.3 Å². The molecular formula is C12H9ClFN3O. The van der Waals surface area contributed by atoms with E-state index in [0.29, 0.717) is 17.2 Å². The first-order valence-corrected chi connectivity index (χ1v) is 5.06. The molecule has 0 atom stereocenters. The molecule has 2 heterocycles. The molecule has 6 heteroatoms. The first-order valence-electron chi connectivity index (χ1n) is 5.06. The van der Waals surface area contributed by atoms with Crippen LogP contribution in [0.1, 0.15) is 0 Å². The molecule has 0 aliphatic carbocycles. The van der Waals surface area contributed by atoms with Crippen molar-refractivity contribution in [2.24, 2.45) is 0 Å². The van der Waals surface area contributed by atoms with Crippen molar-refractivity contribution in [2.45, 2.75) is 0 Å². The maximum Gasteiger partial charge on any atom is 0.182 e. The Balaban J connectivity index is 0.00000120. The molecular weight excluding hydrogens is 257 g/mol. The van der Waals surface area contributed by atoms with Crippen LogP contribution in [0.4, 0.5) is 16.0 Å². The molecule has 18 heavy (non-hydrogen) atoms. The number of pyridine rings is 1. The molecule has 0 bridgehead atoms. The van der Waals surface area contributed by atoms with Crippen molar-refractivity contribution in [3.05, 3.63) is 48.4 Å². The predicted molar refractivity (Wildman–Crippen MR) is 68.7 cm³/mol. The molecule has 0 amide bonds. The summed E-state index contributed by atoms with van der Waals surface area (Å²) in [7, 11) is 0. The normalized spacial score (nSPS) is 10.1. The van der Waals surface area contributed by atoms with Crippen molar-refractivity contribution in [2.75, 3.05) is 5.32 Å². The van der Waals surface area contributed by atoms with Gasteiger partial charge in [0.1, 0.15) is 11.6 Å². The molecule has 0 saturated heterocycles. The monoisotopic (exact) mass is 265 g/mol. The van der Waals surface area contributed by atoms with E-state index < -0.39 is 0 Å². The van der Waals surface area contributed by atoms with Gasteiger partial charge in [-0.2, -0.15) is 0 Å². The van der Waals surface area contributed by atoms with Gasteiger partial charge in [0.05, 0.1) is 5.39 Å². The number of rotatable bonds is 2. The number of hydrogen-bond acceptors (Lipinski definition) is 4. The van der Waals surface area contributed by atoms with Gasteiger partial charge in [-0.3, -0.25) is 0 Å². The first-order chi connectivity index (χ1) is 8.33. The van der Waals surface area contributed by atoms with Crippen molar-refractivity contribution in [1.29, 1.82) is 0 Å². The Labute approximate surface area is 108 Å². The largest absolute Gasteiger partial charge is 0.354 e. The van der Waals surface area contributed by atoms with E-state index in [4.69, 9.17) is 4.52 Å². The van der Waals surface area contributed by atoms with Crippen molar-refractivity contribution >= 4 is 35.0 Å². The lowest BCUT2D eigenvalue weighted by atomic mass is 10.2. The minimum Gasteiger partial charge on any atom is -0.354 e. The standard InChI is InChI=1S/C12H8FN3O.ClH/c13-8-4-5-9-10(7-8)17-16-12(9)15-11-3-1-2-6-14-11;/h1-7H,(H,14,15,16);1H. The van der Waals surface area contributed by atoms with Crippen molar-refractivity contribution in [3.63, 3.8) is 0 Å². The Bertz CT molecular complexity index is 657. The lowest BCUT2D eigenvalue weighted by Crippen LogP contribution is -1.92. The Hall–Kier alpha value is -2.14. The number of nitrogens with zero attached hydrogens (tertiary/aromatic N) is 2. The Morgan fingerprint density at radius 3 is 2.83 bits per heavy atom. The lowest BCUT2D eigenvalue weighted by molar-refractivity contribution is 0.458. The van der Waals surface area contributed by atoms with Gasteiger partial charge in [0.2, 0.25) is 0 Å². The van der Waals surface area contributed by atoms with Gasteiger partial charge in [-0.15, -0.1) is 12.4 Å². The van der Waals surface area contributed by atoms with Crippen LogP contribution in [0.15, 0.2) is 47.1 Å². The quantitative estimate of drug-likeness (QED) is 0.770. The summed E-state index contributed by atoms with van der Waals surface area (Å²) in [5, 5.41) is 7.57. The summed E-state index contributed by atoms with van der Waals surface area (Å²) in [5.41, 5.74) is 0.406. The molecule has 0 aliphatic heterocycles. The van der Waals surface area contributed by atoms with Crippen LogP contribution in [0.3, 0.4) is 0 Å².